The Balaban J connectivity index is 1.69. The second kappa shape index (κ2) is 10.6. The second-order valence-corrected chi connectivity index (χ2v) is 7.67. The van der Waals surface area contributed by atoms with Crippen LogP contribution in [0.15, 0.2) is 53.0 Å². The molecule has 0 fully saturated rings. The van der Waals surface area contributed by atoms with E-state index < -0.39 is 18.5 Å². The number of ether oxygens (including phenoxy) is 4. The number of methoxy groups -OCH3 is 3. The van der Waals surface area contributed by atoms with Crippen molar-refractivity contribution in [2.75, 3.05) is 27.9 Å². The lowest BCUT2D eigenvalue weighted by atomic mass is 10.1. The number of rotatable bonds is 8. The van der Waals surface area contributed by atoms with Gasteiger partial charge in [-0.1, -0.05) is 29.8 Å². The fourth-order valence-corrected chi connectivity index (χ4v) is 3.69. The van der Waals surface area contributed by atoms with Crippen LogP contribution >= 0.6 is 11.3 Å². The summed E-state index contributed by atoms with van der Waals surface area (Å²) in [6.07, 6.45) is 1.86. The fourth-order valence-electron chi connectivity index (χ4n) is 2.95. The van der Waals surface area contributed by atoms with Gasteiger partial charge in [-0.2, -0.15) is 4.99 Å². The van der Waals surface area contributed by atoms with Crippen LogP contribution in [-0.2, 0) is 16.1 Å². The first-order chi connectivity index (χ1) is 15.4. The summed E-state index contributed by atoms with van der Waals surface area (Å²) in [5.41, 5.74) is 2.44. The van der Waals surface area contributed by atoms with Crippen LogP contribution in [0.25, 0.3) is 0 Å². The summed E-state index contributed by atoms with van der Waals surface area (Å²) in [6.45, 7) is 2.12. The molecule has 9 heteroatoms. The lowest BCUT2D eigenvalue weighted by Crippen LogP contribution is -2.20. The number of carbonyl (C=O) groups excluding carboxylic acids is 2. The smallest absolute Gasteiger partial charge is 0.338 e. The van der Waals surface area contributed by atoms with Crippen LogP contribution in [0.3, 0.4) is 0 Å². The Bertz CT molecular complexity index is 1140. The van der Waals surface area contributed by atoms with E-state index >= 15 is 0 Å². The molecule has 1 amide bonds. The highest BCUT2D eigenvalue weighted by molar-refractivity contribution is 7.07. The van der Waals surface area contributed by atoms with Gasteiger partial charge in [0.05, 0.1) is 26.9 Å². The third kappa shape index (κ3) is 5.55. The number of esters is 1. The predicted octanol–water partition coefficient (Wildman–Crippen LogP) is 3.22. The van der Waals surface area contributed by atoms with Crippen molar-refractivity contribution < 1.29 is 28.5 Å². The van der Waals surface area contributed by atoms with Gasteiger partial charge in [0.15, 0.2) is 22.9 Å². The first-order valence-electron chi connectivity index (χ1n) is 9.69. The first-order valence-corrected chi connectivity index (χ1v) is 10.6. The SMILES string of the molecule is COc1cc(C(=O)OCC(=O)N=c2sccn2Cc2ccc(C)cc2)cc(OC)c1OC. The Morgan fingerprint density at radius 2 is 1.66 bits per heavy atom. The molecule has 0 radical (unpaired) electrons. The molecule has 0 N–H and O–H groups in total. The summed E-state index contributed by atoms with van der Waals surface area (Å²) in [4.78, 5) is 29.4. The quantitative estimate of drug-likeness (QED) is 0.484. The molecule has 0 saturated heterocycles. The summed E-state index contributed by atoms with van der Waals surface area (Å²) in [7, 11) is 4.36. The minimum Gasteiger partial charge on any atom is -0.493 e. The van der Waals surface area contributed by atoms with Gasteiger partial charge in [0.25, 0.3) is 5.91 Å². The molecule has 0 bridgehead atoms. The van der Waals surface area contributed by atoms with Gasteiger partial charge in [-0.15, -0.1) is 11.3 Å². The molecule has 32 heavy (non-hydrogen) atoms. The molecule has 1 aromatic heterocycles. The third-order valence-electron chi connectivity index (χ3n) is 4.58. The van der Waals surface area contributed by atoms with E-state index in [2.05, 4.69) is 4.99 Å². The number of aryl methyl sites for hydroxylation is 1. The average molecular weight is 457 g/mol. The lowest BCUT2D eigenvalue weighted by Gasteiger charge is -2.13. The molecule has 2 aromatic carbocycles. The Kier molecular flexibility index (Phi) is 7.67. The molecule has 0 saturated carbocycles. The number of benzene rings is 2. The van der Waals surface area contributed by atoms with Crippen molar-refractivity contribution in [2.45, 2.75) is 13.5 Å². The summed E-state index contributed by atoms with van der Waals surface area (Å²) in [5.74, 6) is -0.290. The van der Waals surface area contributed by atoms with Crippen LogP contribution in [0.2, 0.25) is 0 Å². The van der Waals surface area contributed by atoms with Crippen molar-refractivity contribution in [3.63, 3.8) is 0 Å². The fraction of sp³-hybridized carbons (Fsp3) is 0.261. The van der Waals surface area contributed by atoms with E-state index in [4.69, 9.17) is 18.9 Å². The predicted molar refractivity (Wildman–Crippen MR) is 120 cm³/mol. The minimum atomic E-state index is -0.702. The molecule has 8 nitrogen and oxygen atoms in total. The molecule has 3 aromatic rings. The Morgan fingerprint density at radius 1 is 1.00 bits per heavy atom. The van der Waals surface area contributed by atoms with Gasteiger partial charge >= 0.3 is 5.97 Å². The van der Waals surface area contributed by atoms with E-state index in [9.17, 15) is 9.59 Å². The monoisotopic (exact) mass is 456 g/mol. The lowest BCUT2D eigenvalue weighted by molar-refractivity contribution is -0.121. The standard InChI is InChI=1S/C23H24N2O6S/c1-15-5-7-16(8-6-15)13-25-9-10-32-23(25)24-20(26)14-31-22(27)17-11-18(28-2)21(30-4)19(12-17)29-3/h5-12H,13-14H2,1-4H3. The highest BCUT2D eigenvalue weighted by Gasteiger charge is 2.18. The van der Waals surface area contributed by atoms with Crippen molar-refractivity contribution in [1.29, 1.82) is 0 Å². The molecule has 0 aliphatic rings. The van der Waals surface area contributed by atoms with Gasteiger partial charge in [0.2, 0.25) is 5.75 Å². The molecule has 0 spiro atoms. The topological polar surface area (TPSA) is 88.4 Å². The second-order valence-electron chi connectivity index (χ2n) is 6.79. The van der Waals surface area contributed by atoms with Crippen molar-refractivity contribution >= 4 is 23.2 Å². The zero-order chi connectivity index (χ0) is 23.1. The van der Waals surface area contributed by atoms with Crippen molar-refractivity contribution in [1.82, 2.24) is 4.57 Å². The summed E-state index contributed by atoms with van der Waals surface area (Å²) in [6, 6.07) is 11.1. The van der Waals surface area contributed by atoms with Crippen LogP contribution in [0.4, 0.5) is 0 Å². The van der Waals surface area contributed by atoms with Gasteiger partial charge in [-0.05, 0) is 24.6 Å². The van der Waals surface area contributed by atoms with Crippen molar-refractivity contribution in [2.24, 2.45) is 4.99 Å². The van der Waals surface area contributed by atoms with Crippen molar-refractivity contribution in [3.8, 4) is 17.2 Å². The molecule has 0 atom stereocenters. The number of amides is 1. The maximum Gasteiger partial charge on any atom is 0.338 e. The summed E-state index contributed by atoms with van der Waals surface area (Å²) >= 11 is 1.33. The minimum absolute atomic E-state index is 0.165. The van der Waals surface area contributed by atoms with Crippen molar-refractivity contribution in [3.05, 3.63) is 69.5 Å². The molecule has 0 aliphatic heterocycles. The van der Waals surface area contributed by atoms with Crippen LogP contribution in [0.5, 0.6) is 17.2 Å². The molecule has 168 valence electrons. The largest absolute Gasteiger partial charge is 0.493 e. The van der Waals surface area contributed by atoms with Crippen LogP contribution in [0.1, 0.15) is 21.5 Å². The zero-order valence-electron chi connectivity index (χ0n) is 18.3. The number of aromatic nitrogens is 1. The van der Waals surface area contributed by atoms with Gasteiger partial charge in [0, 0.05) is 18.1 Å². The van der Waals surface area contributed by atoms with E-state index in [0.29, 0.717) is 28.6 Å². The van der Waals surface area contributed by atoms with Crippen LogP contribution < -0.4 is 19.0 Å². The normalized spacial score (nSPS) is 11.2. The Morgan fingerprint density at radius 3 is 2.25 bits per heavy atom. The van der Waals surface area contributed by atoms with Gasteiger partial charge in [0.1, 0.15) is 0 Å². The summed E-state index contributed by atoms with van der Waals surface area (Å²) < 4.78 is 22.7. The van der Waals surface area contributed by atoms with Gasteiger partial charge in [-0.25, -0.2) is 4.79 Å². The van der Waals surface area contributed by atoms with Gasteiger partial charge < -0.3 is 23.5 Å². The number of hydrogen-bond acceptors (Lipinski definition) is 7. The maximum atomic E-state index is 12.5. The van der Waals surface area contributed by atoms with Crippen LogP contribution in [-0.4, -0.2) is 44.4 Å². The number of hydrogen-bond donors (Lipinski definition) is 0. The van der Waals surface area contributed by atoms with E-state index in [-0.39, 0.29) is 5.56 Å². The molecular weight excluding hydrogens is 432 g/mol. The van der Waals surface area contributed by atoms with Crippen LogP contribution in [0, 0.1) is 6.92 Å². The Labute approximate surface area is 189 Å². The number of thiazole rings is 1. The molecular formula is C23H24N2O6S. The third-order valence-corrected chi connectivity index (χ3v) is 5.38. The molecule has 3 rings (SSSR count). The van der Waals surface area contributed by atoms with E-state index in [0.717, 1.165) is 5.56 Å². The van der Waals surface area contributed by atoms with E-state index in [1.807, 2.05) is 47.3 Å². The summed E-state index contributed by atoms with van der Waals surface area (Å²) in [5, 5.41) is 1.85. The first kappa shape index (κ1) is 23.1. The molecule has 0 unspecified atom stereocenters. The Hall–Kier alpha value is -3.59. The average Bonchev–Trinajstić information content (AvgIpc) is 3.23. The van der Waals surface area contributed by atoms with E-state index in [1.165, 1.54) is 50.4 Å². The molecule has 1 heterocycles. The highest BCUT2D eigenvalue weighted by atomic mass is 32.1. The van der Waals surface area contributed by atoms with E-state index in [1.54, 1.807) is 0 Å². The highest BCUT2D eigenvalue weighted by Crippen LogP contribution is 2.38. The number of carbonyl (C=O) groups is 2. The number of nitrogens with zero attached hydrogens (tertiary/aromatic N) is 2. The van der Waals surface area contributed by atoms with Gasteiger partial charge in [-0.3, -0.25) is 4.79 Å². The zero-order valence-corrected chi connectivity index (χ0v) is 19.1. The maximum absolute atomic E-state index is 12.5. The molecule has 0 aliphatic carbocycles.